The van der Waals surface area contributed by atoms with Crippen molar-refractivity contribution in [3.8, 4) is 0 Å². The van der Waals surface area contributed by atoms with Crippen LogP contribution < -0.4 is 5.32 Å². The topological polar surface area (TPSA) is 46.9 Å². The Balaban J connectivity index is 1.97. The van der Waals surface area contributed by atoms with E-state index < -0.39 is 0 Å². The summed E-state index contributed by atoms with van der Waals surface area (Å²) < 4.78 is 3.20. The lowest BCUT2D eigenvalue weighted by Crippen LogP contribution is -2.18. The SMILES string of the molecule is Cc1cccc(NC(=O)c2cc3sccc3n2C(C)C)n1. The number of nitrogens with zero attached hydrogens (tertiary/aromatic N) is 2. The Kier molecular flexibility index (Phi) is 3.51. The third-order valence-electron chi connectivity index (χ3n) is 3.34. The maximum Gasteiger partial charge on any atom is 0.273 e. The number of rotatable bonds is 3. The van der Waals surface area contributed by atoms with Gasteiger partial charge in [0.15, 0.2) is 0 Å². The highest BCUT2D eigenvalue weighted by atomic mass is 32.1. The Bertz CT molecular complexity index is 801. The molecular formula is C16H17N3OS. The molecule has 108 valence electrons. The van der Waals surface area contributed by atoms with Gasteiger partial charge in [0.25, 0.3) is 5.91 Å². The highest BCUT2D eigenvalue weighted by molar-refractivity contribution is 7.17. The molecule has 0 aliphatic heterocycles. The molecule has 0 unspecified atom stereocenters. The monoisotopic (exact) mass is 299 g/mol. The van der Waals surface area contributed by atoms with Gasteiger partial charge in [0, 0.05) is 11.7 Å². The van der Waals surface area contributed by atoms with Gasteiger partial charge < -0.3 is 9.88 Å². The summed E-state index contributed by atoms with van der Waals surface area (Å²) in [6.45, 7) is 6.07. The van der Waals surface area contributed by atoms with Crippen LogP contribution in [-0.4, -0.2) is 15.5 Å². The minimum Gasteiger partial charge on any atom is -0.333 e. The fourth-order valence-corrected chi connectivity index (χ4v) is 3.28. The normalized spacial score (nSPS) is 11.2. The standard InChI is InChI=1S/C16H17N3OS/c1-10(2)19-12-7-8-21-14(12)9-13(19)16(20)18-15-6-4-5-11(3)17-15/h4-10H,1-3H3,(H,17,18,20). The number of carbonyl (C=O) groups is 1. The van der Waals surface area contributed by atoms with Crippen molar-refractivity contribution < 1.29 is 4.79 Å². The number of aryl methyl sites for hydroxylation is 1. The minimum absolute atomic E-state index is 0.120. The number of aromatic nitrogens is 2. The smallest absolute Gasteiger partial charge is 0.273 e. The molecule has 0 saturated carbocycles. The van der Waals surface area contributed by atoms with Gasteiger partial charge in [0.1, 0.15) is 11.5 Å². The van der Waals surface area contributed by atoms with Gasteiger partial charge in [-0.1, -0.05) is 6.07 Å². The number of hydrogen-bond donors (Lipinski definition) is 1. The quantitative estimate of drug-likeness (QED) is 0.786. The average molecular weight is 299 g/mol. The maximum absolute atomic E-state index is 12.6. The van der Waals surface area contributed by atoms with Gasteiger partial charge in [0.05, 0.1) is 10.2 Å². The zero-order chi connectivity index (χ0) is 15.0. The minimum atomic E-state index is -0.120. The fourth-order valence-electron chi connectivity index (χ4n) is 2.47. The predicted molar refractivity (Wildman–Crippen MR) is 87.1 cm³/mol. The molecule has 4 nitrogen and oxygen atoms in total. The second kappa shape index (κ2) is 5.33. The van der Waals surface area contributed by atoms with Crippen LogP contribution in [0.2, 0.25) is 0 Å². The molecule has 3 rings (SSSR count). The van der Waals surface area contributed by atoms with Crippen LogP contribution in [0.5, 0.6) is 0 Å². The van der Waals surface area contributed by atoms with E-state index in [0.717, 1.165) is 15.9 Å². The second-order valence-corrected chi connectivity index (χ2v) is 6.23. The summed E-state index contributed by atoms with van der Waals surface area (Å²) in [5.74, 6) is 0.463. The van der Waals surface area contributed by atoms with Crippen LogP contribution in [0.25, 0.3) is 10.2 Å². The number of amides is 1. The van der Waals surface area contributed by atoms with Crippen LogP contribution >= 0.6 is 11.3 Å². The van der Waals surface area contributed by atoms with Gasteiger partial charge in [-0.05, 0) is 50.4 Å². The summed E-state index contributed by atoms with van der Waals surface area (Å²) >= 11 is 1.65. The molecule has 0 bridgehead atoms. The van der Waals surface area contributed by atoms with Crippen molar-refractivity contribution in [2.24, 2.45) is 0 Å². The average Bonchev–Trinajstić information content (AvgIpc) is 2.97. The van der Waals surface area contributed by atoms with Gasteiger partial charge in [-0.15, -0.1) is 11.3 Å². The van der Waals surface area contributed by atoms with Gasteiger partial charge >= 0.3 is 0 Å². The first-order valence-electron chi connectivity index (χ1n) is 6.89. The zero-order valence-electron chi connectivity index (χ0n) is 12.3. The van der Waals surface area contributed by atoms with Crippen molar-refractivity contribution in [2.75, 3.05) is 5.32 Å². The molecule has 1 N–H and O–H groups in total. The second-order valence-electron chi connectivity index (χ2n) is 5.28. The Morgan fingerprint density at radius 3 is 2.86 bits per heavy atom. The molecular weight excluding hydrogens is 282 g/mol. The molecule has 0 aliphatic carbocycles. The van der Waals surface area contributed by atoms with E-state index in [4.69, 9.17) is 0 Å². The summed E-state index contributed by atoms with van der Waals surface area (Å²) in [7, 11) is 0. The van der Waals surface area contributed by atoms with Crippen LogP contribution in [0, 0.1) is 6.92 Å². The van der Waals surface area contributed by atoms with Crippen LogP contribution in [0.1, 0.15) is 36.1 Å². The summed E-state index contributed by atoms with van der Waals surface area (Å²) in [5.41, 5.74) is 2.67. The molecule has 0 fully saturated rings. The van der Waals surface area contributed by atoms with Crippen LogP contribution in [-0.2, 0) is 0 Å². The fraction of sp³-hybridized carbons (Fsp3) is 0.250. The Morgan fingerprint density at radius 2 is 2.14 bits per heavy atom. The molecule has 0 aromatic carbocycles. The first-order chi connectivity index (χ1) is 10.1. The molecule has 0 spiro atoms. The molecule has 21 heavy (non-hydrogen) atoms. The zero-order valence-corrected chi connectivity index (χ0v) is 13.1. The Hall–Kier alpha value is -2.14. The van der Waals surface area contributed by atoms with Gasteiger partial charge in [-0.2, -0.15) is 0 Å². The summed E-state index contributed by atoms with van der Waals surface area (Å²) in [4.78, 5) is 16.9. The van der Waals surface area contributed by atoms with Gasteiger partial charge in [-0.3, -0.25) is 4.79 Å². The van der Waals surface area contributed by atoms with Gasteiger partial charge in [0.2, 0.25) is 0 Å². The molecule has 5 heteroatoms. The van der Waals surface area contributed by atoms with E-state index in [2.05, 4.69) is 34.8 Å². The first-order valence-corrected chi connectivity index (χ1v) is 7.77. The van der Waals surface area contributed by atoms with E-state index in [1.54, 1.807) is 17.4 Å². The largest absolute Gasteiger partial charge is 0.333 e. The highest BCUT2D eigenvalue weighted by Crippen LogP contribution is 2.28. The summed E-state index contributed by atoms with van der Waals surface area (Å²) in [6.07, 6.45) is 0. The molecule has 0 aliphatic rings. The van der Waals surface area contributed by atoms with Crippen molar-refractivity contribution in [2.45, 2.75) is 26.8 Å². The van der Waals surface area contributed by atoms with E-state index in [1.807, 2.05) is 30.5 Å². The molecule has 0 saturated heterocycles. The number of pyridine rings is 1. The Morgan fingerprint density at radius 1 is 1.33 bits per heavy atom. The number of anilines is 1. The van der Waals surface area contributed by atoms with E-state index in [0.29, 0.717) is 11.5 Å². The molecule has 3 aromatic heterocycles. The van der Waals surface area contributed by atoms with Crippen LogP contribution in [0.4, 0.5) is 5.82 Å². The van der Waals surface area contributed by atoms with Crippen LogP contribution in [0.3, 0.4) is 0 Å². The van der Waals surface area contributed by atoms with Crippen molar-refractivity contribution >= 4 is 33.3 Å². The van der Waals surface area contributed by atoms with Crippen molar-refractivity contribution in [3.05, 3.63) is 47.1 Å². The van der Waals surface area contributed by atoms with Crippen molar-refractivity contribution in [1.82, 2.24) is 9.55 Å². The van der Waals surface area contributed by atoms with Crippen molar-refractivity contribution in [1.29, 1.82) is 0 Å². The molecule has 3 aromatic rings. The van der Waals surface area contributed by atoms with Gasteiger partial charge in [-0.25, -0.2) is 4.98 Å². The molecule has 0 atom stereocenters. The lowest BCUT2D eigenvalue weighted by Gasteiger charge is -2.14. The predicted octanol–water partition coefficient (Wildman–Crippen LogP) is 4.24. The molecule has 1 amide bonds. The lowest BCUT2D eigenvalue weighted by molar-refractivity contribution is 0.101. The van der Waals surface area contributed by atoms with E-state index in [9.17, 15) is 4.79 Å². The lowest BCUT2D eigenvalue weighted by atomic mass is 10.3. The number of nitrogens with one attached hydrogen (secondary N) is 1. The maximum atomic E-state index is 12.6. The van der Waals surface area contributed by atoms with E-state index in [-0.39, 0.29) is 11.9 Å². The number of carbonyl (C=O) groups excluding carboxylic acids is 1. The Labute approximate surface area is 127 Å². The summed E-state index contributed by atoms with van der Waals surface area (Å²) in [5, 5.41) is 4.93. The van der Waals surface area contributed by atoms with E-state index in [1.165, 1.54) is 0 Å². The van der Waals surface area contributed by atoms with E-state index >= 15 is 0 Å². The molecule has 3 heterocycles. The molecule has 0 radical (unpaired) electrons. The highest BCUT2D eigenvalue weighted by Gasteiger charge is 2.18. The third kappa shape index (κ3) is 2.56. The first kappa shape index (κ1) is 13.8. The number of fused-ring (bicyclic) bond motifs is 1. The number of thiophene rings is 1. The van der Waals surface area contributed by atoms with Crippen LogP contribution in [0.15, 0.2) is 35.7 Å². The van der Waals surface area contributed by atoms with Crippen molar-refractivity contribution in [3.63, 3.8) is 0 Å². The number of hydrogen-bond acceptors (Lipinski definition) is 3. The summed E-state index contributed by atoms with van der Waals surface area (Å²) in [6, 6.07) is 9.83. The third-order valence-corrected chi connectivity index (χ3v) is 4.19.